The average Bonchev–Trinajstić information content (AvgIpc) is 2.73. The van der Waals surface area contributed by atoms with Crippen LogP contribution in [0, 0.1) is 20.8 Å². The summed E-state index contributed by atoms with van der Waals surface area (Å²) in [5.41, 5.74) is 4.92. The van der Waals surface area contributed by atoms with Gasteiger partial charge in [-0.1, -0.05) is 17.7 Å². The number of carbonyl (C=O) groups is 2. The minimum absolute atomic E-state index is 0.00374. The number of amides is 2. The molecular formula is C24H30N2O4S. The summed E-state index contributed by atoms with van der Waals surface area (Å²) in [5, 5.41) is 5.72. The normalized spacial score (nSPS) is 13.4. The summed E-state index contributed by atoms with van der Waals surface area (Å²) >= 11 is 1.54. The first-order valence-electron chi connectivity index (χ1n) is 10.5. The number of ether oxygens (including phenoxy) is 2. The lowest BCUT2D eigenvalue weighted by atomic mass is 10.0. The number of carbonyl (C=O) groups excluding carboxylic acids is 2. The van der Waals surface area contributed by atoms with Gasteiger partial charge in [-0.2, -0.15) is 0 Å². The number of fused-ring (bicyclic) bond motifs is 1. The Kier molecular flexibility index (Phi) is 7.85. The van der Waals surface area contributed by atoms with Crippen LogP contribution in [0.1, 0.15) is 36.5 Å². The molecule has 2 amide bonds. The molecule has 0 aromatic heterocycles. The van der Waals surface area contributed by atoms with Gasteiger partial charge in [0.05, 0.1) is 5.25 Å². The molecule has 3 rings (SSSR count). The molecule has 1 aliphatic heterocycles. The lowest BCUT2D eigenvalue weighted by Crippen LogP contribution is -2.23. The number of thioether (sulfide) groups is 1. The van der Waals surface area contributed by atoms with E-state index in [0.717, 1.165) is 22.6 Å². The molecule has 166 valence electrons. The van der Waals surface area contributed by atoms with Crippen LogP contribution in [0.2, 0.25) is 0 Å². The van der Waals surface area contributed by atoms with Crippen molar-refractivity contribution in [3.63, 3.8) is 0 Å². The molecule has 0 unspecified atom stereocenters. The number of nitrogens with one attached hydrogen (secondary N) is 2. The molecule has 2 aromatic rings. The summed E-state index contributed by atoms with van der Waals surface area (Å²) in [6.45, 7) is 8.98. The predicted molar refractivity (Wildman–Crippen MR) is 126 cm³/mol. The van der Waals surface area contributed by atoms with Crippen LogP contribution < -0.4 is 20.1 Å². The molecule has 0 radical (unpaired) electrons. The first-order valence-corrected chi connectivity index (χ1v) is 11.6. The number of aryl methyl sites for hydroxylation is 3. The maximum Gasteiger partial charge on any atom is 0.237 e. The Morgan fingerprint density at radius 2 is 1.68 bits per heavy atom. The van der Waals surface area contributed by atoms with Crippen molar-refractivity contribution in [1.29, 1.82) is 0 Å². The van der Waals surface area contributed by atoms with Crippen LogP contribution in [-0.4, -0.2) is 36.0 Å². The van der Waals surface area contributed by atoms with E-state index in [1.165, 1.54) is 5.56 Å². The topological polar surface area (TPSA) is 76.7 Å². The molecule has 0 saturated heterocycles. The molecule has 7 heteroatoms. The van der Waals surface area contributed by atoms with Crippen molar-refractivity contribution in [3.8, 4) is 11.5 Å². The molecule has 31 heavy (non-hydrogen) atoms. The van der Waals surface area contributed by atoms with Crippen LogP contribution in [0.3, 0.4) is 0 Å². The summed E-state index contributed by atoms with van der Waals surface area (Å²) < 4.78 is 11.0. The van der Waals surface area contributed by atoms with Gasteiger partial charge in [0.2, 0.25) is 11.8 Å². The first-order chi connectivity index (χ1) is 14.8. The van der Waals surface area contributed by atoms with Crippen molar-refractivity contribution >= 4 is 35.0 Å². The number of rotatable bonds is 8. The van der Waals surface area contributed by atoms with E-state index in [9.17, 15) is 9.59 Å². The van der Waals surface area contributed by atoms with Crippen molar-refractivity contribution in [3.05, 3.63) is 47.0 Å². The van der Waals surface area contributed by atoms with Crippen LogP contribution >= 0.6 is 11.8 Å². The lowest BCUT2D eigenvalue weighted by molar-refractivity contribution is -0.116. The Labute approximate surface area is 188 Å². The third-order valence-electron chi connectivity index (χ3n) is 5.04. The highest BCUT2D eigenvalue weighted by Gasteiger charge is 2.17. The minimum atomic E-state index is -0.224. The van der Waals surface area contributed by atoms with Crippen molar-refractivity contribution in [2.24, 2.45) is 0 Å². The van der Waals surface area contributed by atoms with Gasteiger partial charge < -0.3 is 20.1 Å². The maximum atomic E-state index is 12.5. The molecular weight excluding hydrogens is 412 g/mol. The standard InChI is InChI=1S/C24H30N2O4S/c1-15-12-16(2)23(17(3)13-15)26-22(27)6-5-11-31-18(4)24(28)25-19-7-8-20-21(14-19)30-10-9-29-20/h7-8,12-14,18H,5-6,9-11H2,1-4H3,(H,25,28)(H,26,27)/t18-/m0/s1. The van der Waals surface area contributed by atoms with Gasteiger partial charge in [-0.05, 0) is 63.1 Å². The van der Waals surface area contributed by atoms with Gasteiger partial charge in [0.1, 0.15) is 13.2 Å². The number of benzene rings is 2. The molecule has 0 bridgehead atoms. The zero-order chi connectivity index (χ0) is 22.4. The van der Waals surface area contributed by atoms with Gasteiger partial charge in [-0.3, -0.25) is 9.59 Å². The monoisotopic (exact) mass is 442 g/mol. The Balaban J connectivity index is 1.40. The first kappa shape index (κ1) is 23.0. The van der Waals surface area contributed by atoms with E-state index >= 15 is 0 Å². The van der Waals surface area contributed by atoms with Crippen molar-refractivity contribution in [1.82, 2.24) is 0 Å². The van der Waals surface area contributed by atoms with Crippen molar-refractivity contribution in [2.45, 2.75) is 45.8 Å². The average molecular weight is 443 g/mol. The van der Waals surface area contributed by atoms with E-state index in [4.69, 9.17) is 9.47 Å². The molecule has 2 aromatic carbocycles. The van der Waals surface area contributed by atoms with Crippen LogP contribution in [0.25, 0.3) is 0 Å². The van der Waals surface area contributed by atoms with E-state index in [-0.39, 0.29) is 17.1 Å². The summed E-state index contributed by atoms with van der Waals surface area (Å²) in [4.78, 5) is 24.8. The summed E-state index contributed by atoms with van der Waals surface area (Å²) in [7, 11) is 0. The second-order valence-electron chi connectivity index (χ2n) is 7.79. The quantitative estimate of drug-likeness (QED) is 0.571. The Morgan fingerprint density at radius 1 is 1.00 bits per heavy atom. The fraction of sp³-hybridized carbons (Fsp3) is 0.417. The number of hydrogen-bond acceptors (Lipinski definition) is 5. The summed E-state index contributed by atoms with van der Waals surface area (Å²) in [5.74, 6) is 2.01. The molecule has 0 spiro atoms. The summed E-state index contributed by atoms with van der Waals surface area (Å²) in [6.07, 6.45) is 1.14. The second kappa shape index (κ2) is 10.6. The summed E-state index contributed by atoms with van der Waals surface area (Å²) in [6, 6.07) is 9.53. The van der Waals surface area contributed by atoms with E-state index in [2.05, 4.69) is 22.8 Å². The van der Waals surface area contributed by atoms with Crippen LogP contribution in [0.4, 0.5) is 11.4 Å². The van der Waals surface area contributed by atoms with E-state index < -0.39 is 0 Å². The zero-order valence-electron chi connectivity index (χ0n) is 18.5. The molecule has 2 N–H and O–H groups in total. The van der Waals surface area contributed by atoms with Gasteiger partial charge in [-0.15, -0.1) is 11.8 Å². The van der Waals surface area contributed by atoms with E-state index in [0.29, 0.717) is 43.2 Å². The van der Waals surface area contributed by atoms with Crippen LogP contribution in [0.15, 0.2) is 30.3 Å². The lowest BCUT2D eigenvalue weighted by Gasteiger charge is -2.19. The Hall–Kier alpha value is -2.67. The van der Waals surface area contributed by atoms with Crippen LogP contribution in [-0.2, 0) is 9.59 Å². The third-order valence-corrected chi connectivity index (χ3v) is 6.27. The number of hydrogen-bond donors (Lipinski definition) is 2. The molecule has 0 fully saturated rings. The van der Waals surface area contributed by atoms with Gasteiger partial charge >= 0.3 is 0 Å². The van der Waals surface area contributed by atoms with Gasteiger partial charge in [0.15, 0.2) is 11.5 Å². The maximum absolute atomic E-state index is 12.5. The highest BCUT2D eigenvalue weighted by atomic mass is 32.2. The SMILES string of the molecule is Cc1cc(C)c(NC(=O)CCCS[C@@H](C)C(=O)Nc2ccc3c(c2)OCCO3)c(C)c1. The highest BCUT2D eigenvalue weighted by molar-refractivity contribution is 8.00. The molecule has 6 nitrogen and oxygen atoms in total. The fourth-order valence-electron chi connectivity index (χ4n) is 3.51. The van der Waals surface area contributed by atoms with E-state index in [1.54, 1.807) is 23.9 Å². The van der Waals surface area contributed by atoms with Gasteiger partial charge in [0, 0.05) is 23.9 Å². The Bertz CT molecular complexity index is 938. The molecule has 0 aliphatic carbocycles. The largest absolute Gasteiger partial charge is 0.486 e. The van der Waals surface area contributed by atoms with Crippen molar-refractivity contribution in [2.75, 3.05) is 29.6 Å². The molecule has 1 aliphatic rings. The van der Waals surface area contributed by atoms with Crippen LogP contribution in [0.5, 0.6) is 11.5 Å². The second-order valence-corrected chi connectivity index (χ2v) is 9.23. The molecule has 0 saturated carbocycles. The highest BCUT2D eigenvalue weighted by Crippen LogP contribution is 2.32. The van der Waals surface area contributed by atoms with E-state index in [1.807, 2.05) is 33.8 Å². The smallest absolute Gasteiger partial charge is 0.237 e. The molecule has 1 atom stereocenters. The fourth-order valence-corrected chi connectivity index (χ4v) is 4.39. The van der Waals surface area contributed by atoms with Gasteiger partial charge in [0.25, 0.3) is 0 Å². The Morgan fingerprint density at radius 3 is 2.39 bits per heavy atom. The van der Waals surface area contributed by atoms with Crippen molar-refractivity contribution < 1.29 is 19.1 Å². The number of anilines is 2. The minimum Gasteiger partial charge on any atom is -0.486 e. The van der Waals surface area contributed by atoms with Gasteiger partial charge in [-0.25, -0.2) is 0 Å². The molecule has 1 heterocycles. The predicted octanol–water partition coefficient (Wildman–Crippen LogP) is 4.86. The third kappa shape index (κ3) is 6.40. The zero-order valence-corrected chi connectivity index (χ0v) is 19.4.